The van der Waals surface area contributed by atoms with Crippen molar-refractivity contribution in [3.63, 3.8) is 0 Å². The van der Waals surface area contributed by atoms with E-state index in [0.29, 0.717) is 0 Å². The Labute approximate surface area is 81.2 Å². The van der Waals surface area contributed by atoms with Crippen LogP contribution in [0.4, 0.5) is 4.39 Å². The first kappa shape index (κ1) is 10.4. The lowest BCUT2D eigenvalue weighted by Crippen LogP contribution is -2.15. The van der Waals surface area contributed by atoms with Gasteiger partial charge in [-0.3, -0.25) is 0 Å². The van der Waals surface area contributed by atoms with Crippen molar-refractivity contribution < 1.29 is 13.9 Å². The summed E-state index contributed by atoms with van der Waals surface area (Å²) in [6.45, 7) is 1.88. The first-order chi connectivity index (χ1) is 6.74. The molecule has 3 nitrogen and oxygen atoms in total. The van der Waals surface area contributed by atoms with Crippen molar-refractivity contribution in [2.24, 2.45) is 4.99 Å². The average Bonchev–Trinajstić information content (AvgIpc) is 2.18. The molecule has 0 amide bonds. The van der Waals surface area contributed by atoms with Crippen LogP contribution in [0.2, 0.25) is 0 Å². The highest BCUT2D eigenvalue weighted by molar-refractivity contribution is 5.33. The maximum Gasteiger partial charge on any atom is 0.235 e. The first-order valence-corrected chi connectivity index (χ1v) is 4.19. The van der Waals surface area contributed by atoms with Gasteiger partial charge in [-0.1, -0.05) is 12.1 Å². The van der Waals surface area contributed by atoms with Gasteiger partial charge in [0.15, 0.2) is 11.6 Å². The lowest BCUT2D eigenvalue weighted by Gasteiger charge is -2.11. The number of halogens is 1. The molecule has 4 heteroatoms. The third-order valence-corrected chi connectivity index (χ3v) is 1.58. The number of carbonyl (C=O) groups excluding carboxylic acids is 1. The van der Waals surface area contributed by atoms with Gasteiger partial charge in [-0.2, -0.15) is 0 Å². The largest absolute Gasteiger partial charge is 0.486 e. The summed E-state index contributed by atoms with van der Waals surface area (Å²) in [6, 6.07) is 6.09. The molecule has 1 unspecified atom stereocenters. The molecule has 1 atom stereocenters. The van der Waals surface area contributed by atoms with Gasteiger partial charge in [0.2, 0.25) is 6.08 Å². The van der Waals surface area contributed by atoms with Gasteiger partial charge in [-0.25, -0.2) is 14.2 Å². The van der Waals surface area contributed by atoms with Crippen molar-refractivity contribution in [3.05, 3.63) is 30.1 Å². The predicted octanol–water partition coefficient (Wildman–Crippen LogP) is 1.93. The Hall–Kier alpha value is -1.67. The van der Waals surface area contributed by atoms with Gasteiger partial charge >= 0.3 is 0 Å². The standard InChI is InChI=1S/C10H10FNO2/c1-8(6-12-7-13)14-10-5-3-2-4-9(10)11/h2-5,8H,6H2,1H3. The smallest absolute Gasteiger partial charge is 0.235 e. The van der Waals surface area contributed by atoms with Gasteiger partial charge in [-0.05, 0) is 19.1 Å². The Kier molecular flexibility index (Phi) is 3.83. The van der Waals surface area contributed by atoms with E-state index in [1.54, 1.807) is 19.1 Å². The fraction of sp³-hybridized carbons (Fsp3) is 0.300. The number of hydrogen-bond acceptors (Lipinski definition) is 3. The van der Waals surface area contributed by atoms with Gasteiger partial charge in [0.05, 0.1) is 6.54 Å². The number of hydrogen-bond donors (Lipinski definition) is 0. The third-order valence-electron chi connectivity index (χ3n) is 1.58. The van der Waals surface area contributed by atoms with Gasteiger partial charge < -0.3 is 4.74 Å². The third kappa shape index (κ3) is 2.99. The Morgan fingerprint density at radius 2 is 2.29 bits per heavy atom. The molecule has 0 aliphatic carbocycles. The summed E-state index contributed by atoms with van der Waals surface area (Å²) in [5.74, 6) is -0.254. The highest BCUT2D eigenvalue weighted by Crippen LogP contribution is 2.16. The summed E-state index contributed by atoms with van der Waals surface area (Å²) in [6.07, 6.45) is 1.06. The van der Waals surface area contributed by atoms with Crippen molar-refractivity contribution in [1.29, 1.82) is 0 Å². The summed E-state index contributed by atoms with van der Waals surface area (Å²) >= 11 is 0. The zero-order chi connectivity index (χ0) is 10.4. The number of ether oxygens (including phenoxy) is 1. The fourth-order valence-electron chi connectivity index (χ4n) is 0.960. The van der Waals surface area contributed by atoms with Crippen LogP contribution in [-0.2, 0) is 4.79 Å². The zero-order valence-corrected chi connectivity index (χ0v) is 7.74. The number of isocyanates is 1. The highest BCUT2D eigenvalue weighted by atomic mass is 19.1. The van der Waals surface area contributed by atoms with E-state index in [9.17, 15) is 9.18 Å². The fourth-order valence-corrected chi connectivity index (χ4v) is 0.960. The van der Waals surface area contributed by atoms with Crippen LogP contribution < -0.4 is 4.74 Å². The van der Waals surface area contributed by atoms with Crippen LogP contribution in [0.15, 0.2) is 29.3 Å². The van der Waals surface area contributed by atoms with Crippen LogP contribution in [-0.4, -0.2) is 18.7 Å². The lowest BCUT2D eigenvalue weighted by atomic mass is 10.3. The molecule has 0 heterocycles. The topological polar surface area (TPSA) is 38.7 Å². The van der Waals surface area contributed by atoms with Crippen molar-refractivity contribution in [2.75, 3.05) is 6.54 Å². The molecule has 1 aromatic carbocycles. The van der Waals surface area contributed by atoms with E-state index >= 15 is 0 Å². The minimum Gasteiger partial charge on any atom is -0.486 e. The van der Waals surface area contributed by atoms with E-state index in [2.05, 4.69) is 4.99 Å². The normalized spacial score (nSPS) is 11.6. The second kappa shape index (κ2) is 5.14. The highest BCUT2D eigenvalue weighted by Gasteiger charge is 2.06. The maximum atomic E-state index is 13.0. The summed E-state index contributed by atoms with van der Waals surface area (Å²) in [7, 11) is 0. The minimum absolute atomic E-state index is 0.168. The summed E-state index contributed by atoms with van der Waals surface area (Å²) < 4.78 is 18.2. The molecular formula is C10H10FNO2. The van der Waals surface area contributed by atoms with Crippen LogP contribution in [0, 0.1) is 5.82 Å². The summed E-state index contributed by atoms with van der Waals surface area (Å²) in [5.41, 5.74) is 0. The number of nitrogens with zero attached hydrogens (tertiary/aromatic N) is 1. The van der Waals surface area contributed by atoms with Crippen molar-refractivity contribution in [2.45, 2.75) is 13.0 Å². The molecule has 14 heavy (non-hydrogen) atoms. The van der Waals surface area contributed by atoms with Crippen molar-refractivity contribution in [1.82, 2.24) is 0 Å². The molecule has 74 valence electrons. The van der Waals surface area contributed by atoms with Crippen LogP contribution in [0.25, 0.3) is 0 Å². The maximum absolute atomic E-state index is 13.0. The minimum atomic E-state index is -0.422. The second-order valence-corrected chi connectivity index (χ2v) is 2.79. The van der Waals surface area contributed by atoms with Gasteiger partial charge in [-0.15, -0.1) is 0 Å². The predicted molar refractivity (Wildman–Crippen MR) is 49.5 cm³/mol. The second-order valence-electron chi connectivity index (χ2n) is 2.79. The molecule has 0 spiro atoms. The molecule has 0 aromatic heterocycles. The van der Waals surface area contributed by atoms with Crippen LogP contribution in [0.5, 0.6) is 5.75 Å². The zero-order valence-electron chi connectivity index (χ0n) is 7.74. The van der Waals surface area contributed by atoms with E-state index in [1.807, 2.05) is 0 Å². The lowest BCUT2D eigenvalue weighted by molar-refractivity contribution is 0.220. The SMILES string of the molecule is CC(CN=C=O)Oc1ccccc1F. The van der Waals surface area contributed by atoms with Crippen LogP contribution >= 0.6 is 0 Å². The Morgan fingerprint density at radius 3 is 2.93 bits per heavy atom. The monoisotopic (exact) mass is 195 g/mol. The van der Waals surface area contributed by atoms with Crippen molar-refractivity contribution >= 4 is 6.08 Å². The van der Waals surface area contributed by atoms with E-state index < -0.39 is 5.82 Å². The molecule has 0 aliphatic rings. The van der Waals surface area contributed by atoms with Gasteiger partial charge in [0.25, 0.3) is 0 Å². The van der Waals surface area contributed by atoms with Gasteiger partial charge in [0, 0.05) is 0 Å². The number of benzene rings is 1. The van der Waals surface area contributed by atoms with E-state index in [4.69, 9.17) is 4.74 Å². The summed E-state index contributed by atoms with van der Waals surface area (Å²) in [4.78, 5) is 13.2. The summed E-state index contributed by atoms with van der Waals surface area (Å²) in [5, 5.41) is 0. The van der Waals surface area contributed by atoms with Crippen molar-refractivity contribution in [3.8, 4) is 5.75 Å². The molecule has 0 fully saturated rings. The molecule has 0 N–H and O–H groups in total. The van der Waals surface area contributed by atoms with Crippen LogP contribution in [0.1, 0.15) is 6.92 Å². The quantitative estimate of drug-likeness (QED) is 0.544. The van der Waals surface area contributed by atoms with Gasteiger partial charge in [0.1, 0.15) is 6.10 Å². The molecular weight excluding hydrogens is 185 g/mol. The molecule has 1 rings (SSSR count). The first-order valence-electron chi connectivity index (χ1n) is 4.19. The Morgan fingerprint density at radius 1 is 1.57 bits per heavy atom. The molecule has 0 aliphatic heterocycles. The number of rotatable bonds is 4. The van der Waals surface area contributed by atoms with E-state index in [1.165, 1.54) is 18.2 Å². The molecule has 0 bridgehead atoms. The van der Waals surface area contributed by atoms with E-state index in [0.717, 1.165) is 0 Å². The molecule has 0 radical (unpaired) electrons. The average molecular weight is 195 g/mol. The number of para-hydroxylation sites is 1. The van der Waals surface area contributed by atoms with Crippen LogP contribution in [0.3, 0.4) is 0 Å². The Bertz CT molecular complexity index is 348. The molecule has 0 saturated heterocycles. The molecule has 0 saturated carbocycles. The molecule has 1 aromatic rings. The Balaban J connectivity index is 2.60. The number of aliphatic imine (C=N–C) groups is 1. The van der Waals surface area contributed by atoms with E-state index in [-0.39, 0.29) is 18.4 Å².